The lowest BCUT2D eigenvalue weighted by Crippen LogP contribution is -2.30. The molecule has 2 rings (SSSR count). The Balaban J connectivity index is 2.14. The maximum Gasteiger partial charge on any atom is 0.516 e. The van der Waals surface area contributed by atoms with E-state index in [-0.39, 0.29) is 12.1 Å². The van der Waals surface area contributed by atoms with Crippen molar-refractivity contribution in [1.29, 1.82) is 0 Å². The Bertz CT molecular complexity index is 702. The Kier molecular flexibility index (Phi) is 5.97. The van der Waals surface area contributed by atoms with Crippen molar-refractivity contribution in [3.8, 4) is 0 Å². The molecule has 0 unspecified atom stereocenters. The quantitative estimate of drug-likeness (QED) is 0.790. The third-order valence-corrected chi connectivity index (χ3v) is 4.84. The molecular weight excluding hydrogens is 367 g/mol. The van der Waals surface area contributed by atoms with Crippen LogP contribution in [0.4, 0.5) is 18.9 Å². The molecule has 10 heteroatoms. The number of sulfonamides is 1. The van der Waals surface area contributed by atoms with Gasteiger partial charge in [-0.15, -0.1) is 0 Å². The minimum atomic E-state index is -5.48. The molecule has 0 aromatic heterocycles. The van der Waals surface area contributed by atoms with Gasteiger partial charge in [-0.25, -0.2) is 0 Å². The van der Waals surface area contributed by atoms with Crippen LogP contribution in [0.15, 0.2) is 23.3 Å². The van der Waals surface area contributed by atoms with Crippen LogP contribution >= 0.6 is 11.6 Å². The molecule has 134 valence electrons. The summed E-state index contributed by atoms with van der Waals surface area (Å²) in [5.41, 5.74) is -5.23. The zero-order valence-electron chi connectivity index (χ0n) is 12.7. The van der Waals surface area contributed by atoms with E-state index in [1.165, 1.54) is 18.2 Å². The second-order valence-corrected chi connectivity index (χ2v) is 7.48. The number of hydrogen-bond acceptors (Lipinski definition) is 4. The topological polar surface area (TPSA) is 61.8 Å². The first-order valence-electron chi connectivity index (χ1n) is 7.34. The molecule has 1 saturated heterocycles. The Morgan fingerprint density at radius 3 is 2.54 bits per heavy atom. The molecule has 0 spiro atoms. The second-order valence-electron chi connectivity index (χ2n) is 5.37. The molecule has 0 saturated carbocycles. The number of hydrogen-bond donors (Lipinski definition) is 1. The number of anilines is 1. The molecule has 1 aromatic carbocycles. The predicted octanol–water partition coefficient (Wildman–Crippen LogP) is 3.62. The Hall–Kier alpha value is -1.48. The van der Waals surface area contributed by atoms with E-state index in [0.29, 0.717) is 10.6 Å². The van der Waals surface area contributed by atoms with Crippen LogP contribution in [0.25, 0.3) is 0 Å². The van der Waals surface area contributed by atoms with Gasteiger partial charge in [0, 0.05) is 30.7 Å². The van der Waals surface area contributed by atoms with Crippen LogP contribution in [0.5, 0.6) is 0 Å². The number of alkyl halides is 3. The van der Waals surface area contributed by atoms with Gasteiger partial charge in [0.2, 0.25) is 0 Å². The Labute approximate surface area is 143 Å². The molecule has 0 atom stereocenters. The van der Waals surface area contributed by atoms with Crippen LogP contribution in [-0.2, 0) is 16.4 Å². The number of benzene rings is 1. The molecule has 0 bridgehead atoms. The average Bonchev–Trinajstić information content (AvgIpc) is 2.50. The van der Waals surface area contributed by atoms with Crippen molar-refractivity contribution >= 4 is 33.5 Å². The summed E-state index contributed by atoms with van der Waals surface area (Å²) in [6.07, 6.45) is 4.95. The van der Waals surface area contributed by atoms with Crippen LogP contribution < -0.4 is 4.72 Å². The largest absolute Gasteiger partial charge is 0.516 e. The Morgan fingerprint density at radius 2 is 1.92 bits per heavy atom. The number of rotatable bonds is 5. The maximum atomic E-state index is 12.5. The number of piperidine rings is 1. The Morgan fingerprint density at radius 1 is 1.25 bits per heavy atom. The first-order chi connectivity index (χ1) is 11.2. The molecule has 24 heavy (non-hydrogen) atoms. The van der Waals surface area contributed by atoms with Gasteiger partial charge >= 0.3 is 15.5 Å². The van der Waals surface area contributed by atoms with E-state index >= 15 is 0 Å². The minimum Gasteiger partial charge on any atom is -0.297 e. The molecule has 1 aliphatic heterocycles. The van der Waals surface area contributed by atoms with E-state index in [2.05, 4.69) is 5.10 Å². The van der Waals surface area contributed by atoms with E-state index in [1.807, 2.05) is 5.01 Å². The van der Waals surface area contributed by atoms with Crippen molar-refractivity contribution in [2.24, 2.45) is 5.10 Å². The minimum absolute atomic E-state index is 0.159. The highest BCUT2D eigenvalue weighted by Crippen LogP contribution is 2.28. The second kappa shape index (κ2) is 7.60. The number of nitrogens with one attached hydrogen (secondary N) is 1. The van der Waals surface area contributed by atoms with Crippen molar-refractivity contribution in [1.82, 2.24) is 5.01 Å². The maximum absolute atomic E-state index is 12.5. The first-order valence-corrected chi connectivity index (χ1v) is 9.20. The van der Waals surface area contributed by atoms with Gasteiger partial charge in [-0.1, -0.05) is 11.6 Å². The van der Waals surface area contributed by atoms with Crippen molar-refractivity contribution in [2.45, 2.75) is 31.2 Å². The monoisotopic (exact) mass is 383 g/mol. The van der Waals surface area contributed by atoms with Crippen LogP contribution in [0.3, 0.4) is 0 Å². The van der Waals surface area contributed by atoms with Gasteiger partial charge in [0.1, 0.15) is 0 Å². The summed E-state index contributed by atoms with van der Waals surface area (Å²) in [7, 11) is -5.48. The molecule has 5 nitrogen and oxygen atoms in total. The first kappa shape index (κ1) is 18.9. The molecule has 1 fully saturated rings. The van der Waals surface area contributed by atoms with Crippen LogP contribution in [0.1, 0.15) is 24.8 Å². The zero-order chi connectivity index (χ0) is 17.8. The molecular formula is C14H17ClF3N3O2S. The van der Waals surface area contributed by atoms with Crippen molar-refractivity contribution in [3.63, 3.8) is 0 Å². The third kappa shape index (κ3) is 5.01. The van der Waals surface area contributed by atoms with Gasteiger partial charge in [0.05, 0.1) is 5.69 Å². The highest BCUT2D eigenvalue weighted by Gasteiger charge is 2.46. The van der Waals surface area contributed by atoms with E-state index in [4.69, 9.17) is 11.6 Å². The van der Waals surface area contributed by atoms with E-state index in [0.717, 1.165) is 32.4 Å². The fourth-order valence-corrected chi connectivity index (χ4v) is 3.08. The van der Waals surface area contributed by atoms with Gasteiger partial charge in [-0.3, -0.25) is 9.73 Å². The lowest BCUT2D eigenvalue weighted by molar-refractivity contribution is -0.0429. The third-order valence-electron chi connectivity index (χ3n) is 3.50. The van der Waals surface area contributed by atoms with Crippen molar-refractivity contribution < 1.29 is 21.6 Å². The fourth-order valence-electron chi connectivity index (χ4n) is 2.28. The van der Waals surface area contributed by atoms with Crippen LogP contribution in [0.2, 0.25) is 5.02 Å². The molecule has 0 radical (unpaired) electrons. The molecule has 1 aromatic rings. The summed E-state index contributed by atoms with van der Waals surface area (Å²) in [5.74, 6) is 0. The fraction of sp³-hybridized carbons (Fsp3) is 0.500. The van der Waals surface area contributed by atoms with Crippen LogP contribution in [0, 0.1) is 0 Å². The highest BCUT2D eigenvalue weighted by atomic mass is 35.5. The van der Waals surface area contributed by atoms with Crippen molar-refractivity contribution in [3.05, 3.63) is 28.8 Å². The molecule has 1 aliphatic rings. The van der Waals surface area contributed by atoms with E-state index in [9.17, 15) is 21.6 Å². The molecule has 1 N–H and O–H groups in total. The van der Waals surface area contributed by atoms with Crippen LogP contribution in [-0.4, -0.2) is 38.2 Å². The van der Waals surface area contributed by atoms with Crippen molar-refractivity contribution in [2.75, 3.05) is 17.8 Å². The summed E-state index contributed by atoms with van der Waals surface area (Å²) in [6, 6.07) is 3.94. The van der Waals surface area contributed by atoms with E-state index < -0.39 is 15.5 Å². The molecule has 1 heterocycles. The van der Waals surface area contributed by atoms with Gasteiger partial charge in [-0.2, -0.15) is 26.7 Å². The average molecular weight is 384 g/mol. The molecule has 0 amide bonds. The normalized spacial score (nSPS) is 16.6. The number of halogens is 4. The van der Waals surface area contributed by atoms with Gasteiger partial charge < -0.3 is 0 Å². The highest BCUT2D eigenvalue weighted by molar-refractivity contribution is 7.93. The summed E-state index contributed by atoms with van der Waals surface area (Å²) < 4.78 is 61.6. The number of nitrogens with zero attached hydrogens (tertiary/aromatic N) is 2. The summed E-state index contributed by atoms with van der Waals surface area (Å²) in [5, 5.41) is 6.44. The van der Waals surface area contributed by atoms with Gasteiger partial charge in [0.25, 0.3) is 0 Å². The standard InChI is InChI=1S/C14H17ClF3N3O2S/c15-12-4-5-13(20-24(22,23)14(16,17)18)11(10-12)6-7-19-21-8-2-1-3-9-21/h4-5,7,10,20H,1-3,6,8-9H2. The lowest BCUT2D eigenvalue weighted by atomic mass is 10.1. The number of hydrazone groups is 1. The predicted molar refractivity (Wildman–Crippen MR) is 87.7 cm³/mol. The lowest BCUT2D eigenvalue weighted by Gasteiger charge is -2.23. The van der Waals surface area contributed by atoms with Gasteiger partial charge in [-0.05, 0) is 43.0 Å². The SMILES string of the molecule is O=S(=O)(Nc1ccc(Cl)cc1CC=NN1CCCCC1)C(F)(F)F. The summed E-state index contributed by atoms with van der Waals surface area (Å²) in [4.78, 5) is 0. The van der Waals surface area contributed by atoms with Gasteiger partial charge in [0.15, 0.2) is 0 Å². The zero-order valence-corrected chi connectivity index (χ0v) is 14.3. The molecule has 0 aliphatic carbocycles. The van der Waals surface area contributed by atoms with E-state index in [1.54, 1.807) is 10.9 Å². The summed E-state index contributed by atoms with van der Waals surface area (Å²) >= 11 is 5.85. The smallest absolute Gasteiger partial charge is 0.297 e. The summed E-state index contributed by atoms with van der Waals surface area (Å²) in [6.45, 7) is 1.67.